The van der Waals surface area contributed by atoms with E-state index in [0.29, 0.717) is 24.3 Å². The Labute approximate surface area is 134 Å². The highest BCUT2D eigenvalue weighted by molar-refractivity contribution is 5.84. The quantitative estimate of drug-likeness (QED) is 0.888. The number of para-hydroxylation sites is 2. The molecule has 1 saturated carbocycles. The lowest BCUT2D eigenvalue weighted by Gasteiger charge is -2.35. The summed E-state index contributed by atoms with van der Waals surface area (Å²) < 4.78 is 11.5. The van der Waals surface area contributed by atoms with Crippen LogP contribution in [-0.2, 0) is 9.59 Å². The number of aliphatic carboxylic acids is 1. The Balaban J connectivity index is 1.74. The van der Waals surface area contributed by atoms with Gasteiger partial charge in [-0.2, -0.15) is 0 Å². The number of benzene rings is 1. The standard InChI is InChI=1S/C17H21NO5/c1-11-15(23-13-7-3-2-6-12(13)22-11)16(21)18-17(10-14(19)20)8-4-5-9-17/h2-3,6-7,11,15H,4-5,8-10H2,1H3,(H,18,21)(H,19,20). The molecule has 1 fully saturated rings. The van der Waals surface area contributed by atoms with E-state index in [1.807, 2.05) is 12.1 Å². The van der Waals surface area contributed by atoms with Gasteiger partial charge in [0.2, 0.25) is 6.10 Å². The van der Waals surface area contributed by atoms with Crippen LogP contribution in [0.3, 0.4) is 0 Å². The zero-order chi connectivity index (χ0) is 16.4. The van der Waals surface area contributed by atoms with E-state index in [1.54, 1.807) is 19.1 Å². The van der Waals surface area contributed by atoms with Crippen LogP contribution in [0.1, 0.15) is 39.0 Å². The van der Waals surface area contributed by atoms with Gasteiger partial charge in [-0.15, -0.1) is 0 Å². The molecule has 0 aromatic heterocycles. The van der Waals surface area contributed by atoms with Gasteiger partial charge in [0.25, 0.3) is 5.91 Å². The van der Waals surface area contributed by atoms with Crippen LogP contribution in [0, 0.1) is 0 Å². The second kappa shape index (κ2) is 6.10. The molecule has 3 rings (SSSR count). The number of carboxylic acids is 1. The van der Waals surface area contributed by atoms with Crippen molar-refractivity contribution in [3.8, 4) is 11.5 Å². The highest BCUT2D eigenvalue weighted by Crippen LogP contribution is 2.35. The van der Waals surface area contributed by atoms with E-state index in [4.69, 9.17) is 14.6 Å². The first-order chi connectivity index (χ1) is 11.0. The highest BCUT2D eigenvalue weighted by Gasteiger charge is 2.42. The number of hydrogen-bond acceptors (Lipinski definition) is 4. The van der Waals surface area contributed by atoms with E-state index < -0.39 is 23.7 Å². The van der Waals surface area contributed by atoms with Crippen molar-refractivity contribution < 1.29 is 24.2 Å². The molecule has 2 N–H and O–H groups in total. The van der Waals surface area contributed by atoms with Crippen molar-refractivity contribution in [2.75, 3.05) is 0 Å². The number of fused-ring (bicyclic) bond motifs is 1. The van der Waals surface area contributed by atoms with E-state index in [0.717, 1.165) is 12.8 Å². The molecule has 2 atom stereocenters. The first kappa shape index (κ1) is 15.6. The summed E-state index contributed by atoms with van der Waals surface area (Å²) in [4.78, 5) is 23.8. The van der Waals surface area contributed by atoms with Gasteiger partial charge in [-0.25, -0.2) is 0 Å². The zero-order valence-corrected chi connectivity index (χ0v) is 13.1. The Morgan fingerprint density at radius 1 is 1.22 bits per heavy atom. The molecular formula is C17H21NO5. The maximum atomic E-state index is 12.7. The van der Waals surface area contributed by atoms with Crippen LogP contribution in [0.5, 0.6) is 11.5 Å². The van der Waals surface area contributed by atoms with Crippen LogP contribution in [0.4, 0.5) is 0 Å². The van der Waals surface area contributed by atoms with Crippen LogP contribution in [0.15, 0.2) is 24.3 Å². The number of hydrogen-bond donors (Lipinski definition) is 2. The lowest BCUT2D eigenvalue weighted by atomic mass is 9.92. The average Bonchev–Trinajstić information content (AvgIpc) is 2.93. The summed E-state index contributed by atoms with van der Waals surface area (Å²) in [5.41, 5.74) is -0.664. The van der Waals surface area contributed by atoms with Crippen molar-refractivity contribution in [1.29, 1.82) is 0 Å². The second-order valence-electron chi connectivity index (χ2n) is 6.36. The van der Waals surface area contributed by atoms with Gasteiger partial charge >= 0.3 is 5.97 Å². The molecule has 2 aliphatic rings. The van der Waals surface area contributed by atoms with Gasteiger partial charge in [0.15, 0.2) is 11.5 Å². The Kier molecular flexibility index (Phi) is 4.15. The van der Waals surface area contributed by atoms with E-state index in [-0.39, 0.29) is 12.3 Å². The topological polar surface area (TPSA) is 84.9 Å². The van der Waals surface area contributed by atoms with Crippen LogP contribution < -0.4 is 14.8 Å². The summed E-state index contributed by atoms with van der Waals surface area (Å²) in [6.07, 6.45) is 1.94. The number of rotatable bonds is 4. The van der Waals surface area contributed by atoms with Crippen LogP contribution in [0.2, 0.25) is 0 Å². The number of amides is 1. The van der Waals surface area contributed by atoms with Crippen molar-refractivity contribution >= 4 is 11.9 Å². The van der Waals surface area contributed by atoms with Crippen LogP contribution in [-0.4, -0.2) is 34.7 Å². The molecule has 1 heterocycles. The molecule has 1 amide bonds. The molecule has 0 saturated heterocycles. The molecule has 6 nitrogen and oxygen atoms in total. The maximum absolute atomic E-state index is 12.7. The molecule has 0 bridgehead atoms. The predicted molar refractivity (Wildman–Crippen MR) is 82.5 cm³/mol. The lowest BCUT2D eigenvalue weighted by Crippen LogP contribution is -2.56. The van der Waals surface area contributed by atoms with E-state index in [9.17, 15) is 9.59 Å². The fourth-order valence-electron chi connectivity index (χ4n) is 3.43. The first-order valence-corrected chi connectivity index (χ1v) is 7.95. The predicted octanol–water partition coefficient (Wildman–Crippen LogP) is 2.12. The Bertz CT molecular complexity index is 609. The van der Waals surface area contributed by atoms with Gasteiger partial charge in [0.1, 0.15) is 6.10 Å². The van der Waals surface area contributed by atoms with Gasteiger partial charge in [-0.05, 0) is 31.9 Å². The molecule has 1 aliphatic heterocycles. The third-order valence-corrected chi connectivity index (χ3v) is 4.54. The third-order valence-electron chi connectivity index (χ3n) is 4.54. The van der Waals surface area contributed by atoms with Gasteiger partial charge in [-0.1, -0.05) is 25.0 Å². The van der Waals surface area contributed by atoms with E-state index in [2.05, 4.69) is 5.32 Å². The van der Waals surface area contributed by atoms with Crippen LogP contribution in [0.25, 0.3) is 0 Å². The molecular weight excluding hydrogens is 298 g/mol. The van der Waals surface area contributed by atoms with Gasteiger partial charge < -0.3 is 19.9 Å². The minimum Gasteiger partial charge on any atom is -0.482 e. The Morgan fingerprint density at radius 3 is 2.43 bits per heavy atom. The monoisotopic (exact) mass is 319 g/mol. The molecule has 0 spiro atoms. The van der Waals surface area contributed by atoms with Crippen molar-refractivity contribution in [3.63, 3.8) is 0 Å². The Hall–Kier alpha value is -2.24. The molecule has 1 aliphatic carbocycles. The maximum Gasteiger partial charge on any atom is 0.305 e. The summed E-state index contributed by atoms with van der Waals surface area (Å²) in [5, 5.41) is 12.1. The number of nitrogens with one attached hydrogen (secondary N) is 1. The molecule has 23 heavy (non-hydrogen) atoms. The van der Waals surface area contributed by atoms with Crippen molar-refractivity contribution in [1.82, 2.24) is 5.32 Å². The SMILES string of the molecule is CC1Oc2ccccc2OC1C(=O)NC1(CC(=O)O)CCCC1. The smallest absolute Gasteiger partial charge is 0.305 e. The van der Waals surface area contributed by atoms with Crippen molar-refractivity contribution in [2.24, 2.45) is 0 Å². The molecule has 124 valence electrons. The summed E-state index contributed by atoms with van der Waals surface area (Å²) in [6, 6.07) is 7.21. The molecule has 0 radical (unpaired) electrons. The minimum atomic E-state index is -0.897. The third kappa shape index (κ3) is 3.25. The number of carboxylic acid groups (broad SMARTS) is 1. The largest absolute Gasteiger partial charge is 0.482 e. The fourth-order valence-corrected chi connectivity index (χ4v) is 3.43. The van der Waals surface area contributed by atoms with Gasteiger partial charge in [0.05, 0.1) is 12.0 Å². The fraction of sp³-hybridized carbons (Fsp3) is 0.529. The first-order valence-electron chi connectivity index (χ1n) is 7.95. The zero-order valence-electron chi connectivity index (χ0n) is 13.1. The van der Waals surface area contributed by atoms with Crippen LogP contribution >= 0.6 is 0 Å². The molecule has 1 aromatic rings. The van der Waals surface area contributed by atoms with E-state index >= 15 is 0 Å². The number of ether oxygens (including phenoxy) is 2. The lowest BCUT2D eigenvalue weighted by molar-refractivity contribution is -0.140. The van der Waals surface area contributed by atoms with Gasteiger partial charge in [0, 0.05) is 0 Å². The average molecular weight is 319 g/mol. The summed E-state index contributed by atoms with van der Waals surface area (Å²) in [5.74, 6) is -0.0591. The number of carbonyl (C=O) groups excluding carboxylic acids is 1. The van der Waals surface area contributed by atoms with Crippen molar-refractivity contribution in [2.45, 2.75) is 56.8 Å². The van der Waals surface area contributed by atoms with E-state index in [1.165, 1.54) is 0 Å². The molecule has 1 aromatic carbocycles. The highest BCUT2D eigenvalue weighted by atomic mass is 16.6. The molecule has 2 unspecified atom stereocenters. The second-order valence-corrected chi connectivity index (χ2v) is 6.36. The summed E-state index contributed by atoms with van der Waals surface area (Å²) in [6.45, 7) is 1.78. The normalized spacial score (nSPS) is 24.9. The number of carbonyl (C=O) groups is 2. The molecule has 6 heteroatoms. The Morgan fingerprint density at radius 2 is 1.83 bits per heavy atom. The summed E-state index contributed by atoms with van der Waals surface area (Å²) >= 11 is 0. The summed E-state index contributed by atoms with van der Waals surface area (Å²) in [7, 11) is 0. The van der Waals surface area contributed by atoms with Crippen molar-refractivity contribution in [3.05, 3.63) is 24.3 Å². The minimum absolute atomic E-state index is 0.0582. The van der Waals surface area contributed by atoms with Gasteiger partial charge in [-0.3, -0.25) is 9.59 Å².